The number of aromatic nitrogens is 1. The number of rotatable bonds is 1. The third-order valence-corrected chi connectivity index (χ3v) is 2.77. The Hall–Kier alpha value is -1.30. The molecule has 3 nitrogen and oxygen atoms in total. The molecule has 1 saturated heterocycles. The van der Waals surface area contributed by atoms with Crippen LogP contribution in [-0.2, 0) is 6.18 Å². The molecule has 0 unspecified atom stereocenters. The van der Waals surface area contributed by atoms with E-state index in [-0.39, 0.29) is 6.04 Å². The lowest BCUT2D eigenvalue weighted by molar-refractivity contribution is -0.137. The van der Waals surface area contributed by atoms with Gasteiger partial charge in [0.1, 0.15) is 5.82 Å². The Morgan fingerprint density at radius 3 is 2.88 bits per heavy atom. The van der Waals surface area contributed by atoms with Crippen molar-refractivity contribution in [2.75, 3.05) is 24.5 Å². The Labute approximate surface area is 97.6 Å². The fourth-order valence-electron chi connectivity index (χ4n) is 1.91. The highest BCUT2D eigenvalue weighted by atomic mass is 19.4. The van der Waals surface area contributed by atoms with E-state index in [2.05, 4.69) is 10.3 Å². The molecule has 94 valence electrons. The molecule has 0 bridgehead atoms. The average Bonchev–Trinajstić information content (AvgIpc) is 2.28. The molecule has 1 atom stereocenters. The van der Waals surface area contributed by atoms with E-state index in [4.69, 9.17) is 0 Å². The number of nitrogens with zero attached hydrogens (tertiary/aromatic N) is 2. The van der Waals surface area contributed by atoms with Gasteiger partial charge in [-0.25, -0.2) is 4.98 Å². The summed E-state index contributed by atoms with van der Waals surface area (Å²) in [5.41, 5.74) is -0.645. The van der Waals surface area contributed by atoms with Crippen molar-refractivity contribution in [1.29, 1.82) is 0 Å². The van der Waals surface area contributed by atoms with Gasteiger partial charge < -0.3 is 10.2 Å². The van der Waals surface area contributed by atoms with E-state index in [0.29, 0.717) is 18.9 Å². The van der Waals surface area contributed by atoms with Gasteiger partial charge in [0.2, 0.25) is 0 Å². The van der Waals surface area contributed by atoms with Gasteiger partial charge in [0.05, 0.1) is 5.56 Å². The maximum Gasteiger partial charge on any atom is 0.416 e. The maximum absolute atomic E-state index is 12.6. The molecular formula is C11H14F3N3. The van der Waals surface area contributed by atoms with E-state index in [1.807, 2.05) is 11.8 Å². The summed E-state index contributed by atoms with van der Waals surface area (Å²) >= 11 is 0. The predicted octanol–water partition coefficient (Wildman–Crippen LogP) is 1.90. The third kappa shape index (κ3) is 2.88. The monoisotopic (exact) mass is 245 g/mol. The first-order valence-corrected chi connectivity index (χ1v) is 5.48. The molecule has 1 aromatic rings. The molecule has 6 heteroatoms. The van der Waals surface area contributed by atoms with Crippen molar-refractivity contribution < 1.29 is 13.2 Å². The van der Waals surface area contributed by atoms with E-state index < -0.39 is 11.7 Å². The standard InChI is InChI=1S/C11H14F3N3/c1-8-7-17(5-4-15-8)10-6-9(2-3-16-10)11(12,13)14/h2-3,6,8,15H,4-5,7H2,1H3/t8-/m1/s1. The summed E-state index contributed by atoms with van der Waals surface area (Å²) < 4.78 is 37.7. The summed E-state index contributed by atoms with van der Waals surface area (Å²) in [6.07, 6.45) is -3.10. The highest BCUT2D eigenvalue weighted by Crippen LogP contribution is 2.30. The Kier molecular flexibility index (Phi) is 3.24. The number of anilines is 1. The van der Waals surface area contributed by atoms with Crippen molar-refractivity contribution >= 4 is 5.82 Å². The molecule has 1 fully saturated rings. The summed E-state index contributed by atoms with van der Waals surface area (Å²) in [4.78, 5) is 5.88. The fourth-order valence-corrected chi connectivity index (χ4v) is 1.91. The minimum Gasteiger partial charge on any atom is -0.354 e. The first-order chi connectivity index (χ1) is 7.97. The van der Waals surface area contributed by atoms with Gasteiger partial charge in [0.25, 0.3) is 0 Å². The van der Waals surface area contributed by atoms with Gasteiger partial charge in [0.15, 0.2) is 0 Å². The summed E-state index contributed by atoms with van der Waals surface area (Å²) in [6.45, 7) is 4.12. The van der Waals surface area contributed by atoms with Gasteiger partial charge in [-0.3, -0.25) is 0 Å². The largest absolute Gasteiger partial charge is 0.416 e. The van der Waals surface area contributed by atoms with Crippen LogP contribution in [0, 0.1) is 0 Å². The first kappa shape index (κ1) is 12.2. The molecule has 2 rings (SSSR count). The van der Waals surface area contributed by atoms with Crippen molar-refractivity contribution in [2.24, 2.45) is 0 Å². The van der Waals surface area contributed by atoms with Crippen LogP contribution in [0.1, 0.15) is 12.5 Å². The van der Waals surface area contributed by atoms with Crippen LogP contribution in [-0.4, -0.2) is 30.7 Å². The lowest BCUT2D eigenvalue weighted by Gasteiger charge is -2.32. The van der Waals surface area contributed by atoms with Crippen LogP contribution >= 0.6 is 0 Å². The van der Waals surface area contributed by atoms with Crippen LogP contribution in [0.15, 0.2) is 18.3 Å². The van der Waals surface area contributed by atoms with E-state index >= 15 is 0 Å². The molecule has 1 aliphatic rings. The van der Waals surface area contributed by atoms with Crippen LogP contribution < -0.4 is 10.2 Å². The van der Waals surface area contributed by atoms with E-state index in [9.17, 15) is 13.2 Å². The zero-order valence-corrected chi connectivity index (χ0v) is 9.46. The molecule has 1 N–H and O–H groups in total. The molecule has 0 amide bonds. The van der Waals surface area contributed by atoms with Gasteiger partial charge in [-0.05, 0) is 19.1 Å². The molecule has 17 heavy (non-hydrogen) atoms. The molecule has 0 spiro atoms. The van der Waals surface area contributed by atoms with Crippen molar-refractivity contribution in [3.05, 3.63) is 23.9 Å². The highest BCUT2D eigenvalue weighted by molar-refractivity contribution is 5.42. The van der Waals surface area contributed by atoms with Crippen LogP contribution in [0.2, 0.25) is 0 Å². The molecule has 0 aliphatic carbocycles. The molecule has 1 aliphatic heterocycles. The third-order valence-electron chi connectivity index (χ3n) is 2.77. The van der Waals surface area contributed by atoms with Gasteiger partial charge in [0, 0.05) is 31.9 Å². The Morgan fingerprint density at radius 2 is 2.24 bits per heavy atom. The van der Waals surface area contributed by atoms with Crippen molar-refractivity contribution in [1.82, 2.24) is 10.3 Å². The second-order valence-corrected chi connectivity index (χ2v) is 4.20. The lowest BCUT2D eigenvalue weighted by atomic mass is 10.2. The predicted molar refractivity (Wildman–Crippen MR) is 58.9 cm³/mol. The van der Waals surface area contributed by atoms with Crippen molar-refractivity contribution in [3.63, 3.8) is 0 Å². The van der Waals surface area contributed by atoms with E-state index in [1.165, 1.54) is 6.20 Å². The minimum atomic E-state index is -4.31. The average molecular weight is 245 g/mol. The lowest BCUT2D eigenvalue weighted by Crippen LogP contribution is -2.49. The molecule has 2 heterocycles. The number of hydrogen-bond acceptors (Lipinski definition) is 3. The van der Waals surface area contributed by atoms with Crippen molar-refractivity contribution in [3.8, 4) is 0 Å². The maximum atomic E-state index is 12.6. The minimum absolute atomic E-state index is 0.264. The summed E-state index contributed by atoms with van der Waals surface area (Å²) in [6, 6.07) is 2.37. The summed E-state index contributed by atoms with van der Waals surface area (Å²) in [5.74, 6) is 0.396. The van der Waals surface area contributed by atoms with E-state index in [1.54, 1.807) is 0 Å². The Balaban J connectivity index is 2.21. The topological polar surface area (TPSA) is 28.2 Å². The van der Waals surface area contributed by atoms with Crippen LogP contribution in [0.5, 0.6) is 0 Å². The number of piperazine rings is 1. The number of alkyl halides is 3. The second-order valence-electron chi connectivity index (χ2n) is 4.20. The molecular weight excluding hydrogens is 231 g/mol. The quantitative estimate of drug-likeness (QED) is 0.819. The SMILES string of the molecule is C[C@@H]1CN(c2cc(C(F)(F)F)ccn2)CCN1. The zero-order valence-electron chi connectivity index (χ0n) is 9.46. The Morgan fingerprint density at radius 1 is 1.47 bits per heavy atom. The second kappa shape index (κ2) is 4.52. The first-order valence-electron chi connectivity index (χ1n) is 5.48. The smallest absolute Gasteiger partial charge is 0.354 e. The van der Waals surface area contributed by atoms with Gasteiger partial charge in [-0.2, -0.15) is 13.2 Å². The van der Waals surface area contributed by atoms with Crippen molar-refractivity contribution in [2.45, 2.75) is 19.1 Å². The molecule has 1 aromatic heterocycles. The molecule has 0 radical (unpaired) electrons. The highest BCUT2D eigenvalue weighted by Gasteiger charge is 2.31. The number of pyridine rings is 1. The van der Waals surface area contributed by atoms with Crippen LogP contribution in [0.4, 0.5) is 19.0 Å². The van der Waals surface area contributed by atoms with E-state index in [0.717, 1.165) is 18.7 Å². The van der Waals surface area contributed by atoms with Gasteiger partial charge in [-0.15, -0.1) is 0 Å². The van der Waals surface area contributed by atoms with Crippen LogP contribution in [0.3, 0.4) is 0 Å². The Bertz CT molecular complexity index is 392. The molecule has 0 saturated carbocycles. The van der Waals surface area contributed by atoms with Gasteiger partial charge >= 0.3 is 6.18 Å². The number of nitrogens with one attached hydrogen (secondary N) is 1. The van der Waals surface area contributed by atoms with Crippen LogP contribution in [0.25, 0.3) is 0 Å². The fraction of sp³-hybridized carbons (Fsp3) is 0.545. The molecule has 0 aromatic carbocycles. The zero-order chi connectivity index (χ0) is 12.5. The normalized spacial score (nSPS) is 21.6. The number of hydrogen-bond donors (Lipinski definition) is 1. The number of halogens is 3. The summed E-state index contributed by atoms with van der Waals surface area (Å²) in [5, 5.41) is 3.23. The summed E-state index contributed by atoms with van der Waals surface area (Å²) in [7, 11) is 0. The van der Waals surface area contributed by atoms with Gasteiger partial charge in [-0.1, -0.05) is 0 Å².